The molecule has 0 radical (unpaired) electrons. The number of rotatable bonds is 7. The highest BCUT2D eigenvalue weighted by atomic mass is 32.2. The van der Waals surface area contributed by atoms with Crippen molar-refractivity contribution < 1.29 is 22.0 Å². The Morgan fingerprint density at radius 3 is 2.79 bits per heavy atom. The van der Waals surface area contributed by atoms with Crippen molar-refractivity contribution in [3.8, 4) is 0 Å². The summed E-state index contributed by atoms with van der Waals surface area (Å²) in [4.78, 5) is 23.2. The van der Waals surface area contributed by atoms with Gasteiger partial charge in [0.2, 0.25) is 15.8 Å². The number of hydrogen-bond acceptors (Lipinski definition) is 6. The van der Waals surface area contributed by atoms with Gasteiger partial charge in [-0.3, -0.25) is 9.52 Å². The van der Waals surface area contributed by atoms with E-state index in [1.54, 1.807) is 6.92 Å². The normalized spacial score (nSPS) is 12.9. The number of carbonyl (C=O) groups excluding carboxylic acids is 1. The summed E-state index contributed by atoms with van der Waals surface area (Å²) in [6, 6.07) is 1.76. The zero-order valence-corrected chi connectivity index (χ0v) is 15.8. The number of nitrogens with one attached hydrogen (secondary N) is 3. The largest absolute Gasteiger partial charge is 0.345 e. The lowest BCUT2D eigenvalue weighted by Crippen LogP contribution is -2.37. The van der Waals surface area contributed by atoms with Crippen molar-refractivity contribution in [3.63, 3.8) is 0 Å². The number of halogens is 2. The number of hydrogen-bond donors (Lipinski definition) is 3. The van der Waals surface area contributed by atoms with Crippen LogP contribution in [0.15, 0.2) is 30.9 Å². The molecule has 1 aromatic carbocycles. The van der Waals surface area contributed by atoms with E-state index < -0.39 is 44.1 Å². The van der Waals surface area contributed by atoms with Gasteiger partial charge in [0.05, 0.1) is 16.8 Å². The molecule has 1 atom stereocenters. The van der Waals surface area contributed by atoms with Crippen molar-refractivity contribution in [3.05, 3.63) is 53.6 Å². The molecule has 0 spiro atoms. The number of sulfonamides is 1. The minimum absolute atomic E-state index is 0.0329. The smallest absolute Gasteiger partial charge is 0.248 e. The molecule has 0 saturated heterocycles. The Bertz CT molecular complexity index is 1150. The minimum atomic E-state index is -4.00. The molecule has 148 valence electrons. The van der Waals surface area contributed by atoms with Crippen LogP contribution in [0.25, 0.3) is 11.0 Å². The minimum Gasteiger partial charge on any atom is -0.345 e. The molecule has 0 bridgehead atoms. The summed E-state index contributed by atoms with van der Waals surface area (Å²) in [6.45, 7) is 3.47. The molecule has 2 aromatic heterocycles. The highest BCUT2D eigenvalue weighted by Crippen LogP contribution is 2.27. The summed E-state index contributed by atoms with van der Waals surface area (Å²) < 4.78 is 55.8. The van der Waals surface area contributed by atoms with Gasteiger partial charge in [0.15, 0.2) is 5.82 Å². The van der Waals surface area contributed by atoms with Gasteiger partial charge in [0.1, 0.15) is 23.2 Å². The maximum absolute atomic E-state index is 14.9. The first kappa shape index (κ1) is 19.8. The molecule has 3 aromatic rings. The first-order valence-electron chi connectivity index (χ1n) is 8.31. The van der Waals surface area contributed by atoms with Crippen LogP contribution in [-0.4, -0.2) is 41.1 Å². The van der Waals surface area contributed by atoms with E-state index in [9.17, 15) is 22.0 Å². The first-order chi connectivity index (χ1) is 13.3. The second kappa shape index (κ2) is 7.60. The topological polar surface area (TPSA) is 117 Å². The molecule has 0 aliphatic rings. The van der Waals surface area contributed by atoms with Crippen LogP contribution in [0.4, 0.5) is 14.5 Å². The van der Waals surface area contributed by atoms with Crippen LogP contribution in [0.2, 0.25) is 0 Å². The molecule has 1 unspecified atom stereocenters. The molecule has 3 N–H and O–H groups in total. The van der Waals surface area contributed by atoms with E-state index in [0.717, 1.165) is 12.1 Å². The molecule has 8 nitrogen and oxygen atoms in total. The molecule has 0 aliphatic heterocycles. The third-order valence-corrected chi connectivity index (χ3v) is 5.73. The number of nitrogens with zero attached hydrogens (tertiary/aromatic N) is 2. The van der Waals surface area contributed by atoms with Crippen LogP contribution in [0.5, 0.6) is 0 Å². The molecular weight excluding hydrogens is 392 g/mol. The molecule has 0 aliphatic carbocycles. The molecular formula is C17H17F2N5O3S. The lowest BCUT2D eigenvalue weighted by atomic mass is 10.0. The van der Waals surface area contributed by atoms with E-state index in [4.69, 9.17) is 0 Å². The zero-order valence-electron chi connectivity index (χ0n) is 15.0. The number of aromatic amines is 1. The summed E-state index contributed by atoms with van der Waals surface area (Å²) in [5, 5.41) is 1.95. The molecule has 28 heavy (non-hydrogen) atoms. The quantitative estimate of drug-likeness (QED) is 0.515. The van der Waals surface area contributed by atoms with E-state index in [0.29, 0.717) is 12.2 Å². The average molecular weight is 409 g/mol. The number of ketones is 1. The van der Waals surface area contributed by atoms with Gasteiger partial charge in [-0.25, -0.2) is 27.2 Å². The molecule has 0 saturated carbocycles. The summed E-state index contributed by atoms with van der Waals surface area (Å²) in [5.74, 6) is -3.38. The standard InChI is InChI=1S/C17H17F2N5O3S/c1-3-21-9(2)28(26,27)24-13-5-4-12(18)14(15(13)19)16(25)10-7-22-17-11(10)6-20-8-23-17/h4-9,21,24H,3H2,1-2H3,(H,20,22,23). The Kier molecular flexibility index (Phi) is 5.38. The molecule has 0 amide bonds. The maximum Gasteiger partial charge on any atom is 0.248 e. The lowest BCUT2D eigenvalue weighted by Gasteiger charge is -2.16. The van der Waals surface area contributed by atoms with Crippen LogP contribution in [-0.2, 0) is 10.0 Å². The second-order valence-corrected chi connectivity index (χ2v) is 7.95. The predicted octanol–water partition coefficient (Wildman–Crippen LogP) is 2.16. The van der Waals surface area contributed by atoms with Gasteiger partial charge in [-0.1, -0.05) is 6.92 Å². The Balaban J connectivity index is 2.03. The van der Waals surface area contributed by atoms with Crippen molar-refractivity contribution in [2.24, 2.45) is 0 Å². The average Bonchev–Trinajstić information content (AvgIpc) is 3.08. The van der Waals surface area contributed by atoms with Gasteiger partial charge in [0.25, 0.3) is 0 Å². The fourth-order valence-electron chi connectivity index (χ4n) is 2.66. The number of carbonyl (C=O) groups is 1. The Morgan fingerprint density at radius 1 is 1.32 bits per heavy atom. The van der Waals surface area contributed by atoms with E-state index in [-0.39, 0.29) is 10.9 Å². The molecule has 2 heterocycles. The van der Waals surface area contributed by atoms with Crippen LogP contribution in [0.1, 0.15) is 29.8 Å². The van der Waals surface area contributed by atoms with E-state index in [1.165, 1.54) is 25.6 Å². The summed E-state index contributed by atoms with van der Waals surface area (Å²) >= 11 is 0. The molecule has 3 rings (SSSR count). The van der Waals surface area contributed by atoms with Crippen LogP contribution in [0, 0.1) is 11.6 Å². The number of H-pyrrole nitrogens is 1. The Morgan fingerprint density at radius 2 is 2.07 bits per heavy atom. The summed E-state index contributed by atoms with van der Waals surface area (Å²) in [7, 11) is -4.00. The summed E-state index contributed by atoms with van der Waals surface area (Å²) in [6.07, 6.45) is 3.87. The number of anilines is 1. The SMILES string of the molecule is CCNC(C)S(=O)(=O)Nc1ccc(F)c(C(=O)c2c[nH]c3ncncc23)c1F. The van der Waals surface area contributed by atoms with Crippen LogP contribution >= 0.6 is 0 Å². The highest BCUT2D eigenvalue weighted by Gasteiger charge is 2.27. The van der Waals surface area contributed by atoms with Gasteiger partial charge in [-0.05, 0) is 25.6 Å². The van der Waals surface area contributed by atoms with Gasteiger partial charge < -0.3 is 10.3 Å². The van der Waals surface area contributed by atoms with Gasteiger partial charge in [-0.2, -0.15) is 0 Å². The van der Waals surface area contributed by atoms with Crippen LogP contribution < -0.4 is 10.0 Å². The first-order valence-corrected chi connectivity index (χ1v) is 9.85. The predicted molar refractivity (Wildman–Crippen MR) is 99.4 cm³/mol. The van der Waals surface area contributed by atoms with Crippen molar-refractivity contribution in [2.45, 2.75) is 19.2 Å². The molecule has 0 fully saturated rings. The fourth-order valence-corrected chi connectivity index (χ4v) is 3.69. The van der Waals surface area contributed by atoms with E-state index in [2.05, 4.69) is 25.0 Å². The second-order valence-electron chi connectivity index (χ2n) is 5.95. The summed E-state index contributed by atoms with van der Waals surface area (Å²) in [5.41, 5.74) is -1.10. The number of fused-ring (bicyclic) bond motifs is 1. The van der Waals surface area contributed by atoms with E-state index in [1.807, 2.05) is 0 Å². The monoisotopic (exact) mass is 409 g/mol. The van der Waals surface area contributed by atoms with Crippen molar-refractivity contribution in [2.75, 3.05) is 11.3 Å². The Labute approximate surface area is 159 Å². The van der Waals surface area contributed by atoms with Crippen molar-refractivity contribution >= 4 is 32.5 Å². The Hall–Kier alpha value is -2.92. The third-order valence-electron chi connectivity index (χ3n) is 4.13. The maximum atomic E-state index is 14.9. The van der Waals surface area contributed by atoms with Crippen molar-refractivity contribution in [1.29, 1.82) is 0 Å². The fraction of sp³-hybridized carbons (Fsp3) is 0.235. The lowest BCUT2D eigenvalue weighted by molar-refractivity contribution is 0.103. The number of aromatic nitrogens is 3. The molecule has 11 heteroatoms. The van der Waals surface area contributed by atoms with Crippen LogP contribution in [0.3, 0.4) is 0 Å². The van der Waals surface area contributed by atoms with Crippen molar-refractivity contribution in [1.82, 2.24) is 20.3 Å². The highest BCUT2D eigenvalue weighted by molar-refractivity contribution is 7.93. The third kappa shape index (κ3) is 3.58. The van der Waals surface area contributed by atoms with Gasteiger partial charge in [0, 0.05) is 17.8 Å². The van der Waals surface area contributed by atoms with E-state index >= 15 is 0 Å². The zero-order chi connectivity index (χ0) is 20.5. The van der Waals surface area contributed by atoms with Gasteiger partial charge in [-0.15, -0.1) is 0 Å². The van der Waals surface area contributed by atoms with Gasteiger partial charge >= 0.3 is 0 Å². The number of benzene rings is 1.